The summed E-state index contributed by atoms with van der Waals surface area (Å²) in [5.41, 5.74) is 0.386. The van der Waals surface area contributed by atoms with Crippen LogP contribution in [0.3, 0.4) is 0 Å². The summed E-state index contributed by atoms with van der Waals surface area (Å²) in [6.07, 6.45) is 0. The molecule has 0 fully saturated rings. The standard InChI is InChI=1S/C9H9FN4O/c1-6-7(10)4-3-5-8(6)14-9(15)13(2)11-12-14/h3-5H,1-2H3. The fourth-order valence-corrected chi connectivity index (χ4v) is 1.29. The summed E-state index contributed by atoms with van der Waals surface area (Å²) in [6, 6.07) is 4.48. The maximum atomic E-state index is 13.2. The molecule has 1 heterocycles. The molecule has 5 nitrogen and oxygen atoms in total. The van der Waals surface area contributed by atoms with Gasteiger partial charge < -0.3 is 0 Å². The van der Waals surface area contributed by atoms with Gasteiger partial charge in [0.15, 0.2) is 0 Å². The first-order valence-corrected chi connectivity index (χ1v) is 4.36. The Labute approximate surface area is 84.7 Å². The SMILES string of the molecule is Cc1c(F)cccc1-n1nnn(C)c1=O. The average Bonchev–Trinajstić information content (AvgIpc) is 2.53. The highest BCUT2D eigenvalue weighted by Crippen LogP contribution is 2.13. The molecule has 1 aromatic carbocycles. The number of nitrogens with zero attached hydrogens (tertiary/aromatic N) is 4. The van der Waals surface area contributed by atoms with Gasteiger partial charge in [0.05, 0.1) is 5.69 Å². The first kappa shape index (κ1) is 9.57. The molecule has 0 atom stereocenters. The van der Waals surface area contributed by atoms with Crippen LogP contribution in [0.15, 0.2) is 23.0 Å². The highest BCUT2D eigenvalue weighted by atomic mass is 19.1. The van der Waals surface area contributed by atoms with Crippen molar-refractivity contribution in [1.29, 1.82) is 0 Å². The van der Waals surface area contributed by atoms with Crippen molar-refractivity contribution >= 4 is 0 Å². The van der Waals surface area contributed by atoms with Gasteiger partial charge in [-0.15, -0.1) is 0 Å². The minimum Gasteiger partial charge on any atom is -0.244 e. The van der Waals surface area contributed by atoms with E-state index in [1.165, 1.54) is 19.2 Å². The van der Waals surface area contributed by atoms with E-state index in [0.29, 0.717) is 11.3 Å². The second-order valence-electron chi connectivity index (χ2n) is 3.18. The van der Waals surface area contributed by atoms with E-state index in [4.69, 9.17) is 0 Å². The Morgan fingerprint density at radius 3 is 2.67 bits per heavy atom. The normalized spacial score (nSPS) is 10.6. The number of aromatic nitrogens is 4. The minimum absolute atomic E-state index is 0.370. The van der Waals surface area contributed by atoms with Gasteiger partial charge in [0, 0.05) is 12.6 Å². The maximum absolute atomic E-state index is 13.2. The van der Waals surface area contributed by atoms with Crippen molar-refractivity contribution in [3.05, 3.63) is 40.1 Å². The number of hydrogen-bond donors (Lipinski definition) is 0. The Balaban J connectivity index is 2.70. The summed E-state index contributed by atoms with van der Waals surface area (Å²) in [5, 5.41) is 7.20. The largest absolute Gasteiger partial charge is 0.368 e. The van der Waals surface area contributed by atoms with Crippen molar-refractivity contribution in [2.75, 3.05) is 0 Å². The van der Waals surface area contributed by atoms with Crippen LogP contribution in [0, 0.1) is 12.7 Å². The fraction of sp³-hybridized carbons (Fsp3) is 0.222. The smallest absolute Gasteiger partial charge is 0.244 e. The molecule has 0 N–H and O–H groups in total. The van der Waals surface area contributed by atoms with Crippen LogP contribution in [0.4, 0.5) is 4.39 Å². The Kier molecular flexibility index (Phi) is 2.11. The molecule has 0 aliphatic rings. The summed E-state index contributed by atoms with van der Waals surface area (Å²) >= 11 is 0. The fourth-order valence-electron chi connectivity index (χ4n) is 1.29. The summed E-state index contributed by atoms with van der Waals surface area (Å²) in [7, 11) is 1.49. The highest BCUT2D eigenvalue weighted by molar-refractivity contribution is 5.39. The minimum atomic E-state index is -0.399. The van der Waals surface area contributed by atoms with Gasteiger partial charge >= 0.3 is 5.69 Å². The molecule has 2 aromatic rings. The monoisotopic (exact) mass is 208 g/mol. The van der Waals surface area contributed by atoms with E-state index in [0.717, 1.165) is 9.36 Å². The first-order valence-electron chi connectivity index (χ1n) is 4.36. The molecule has 2 rings (SSSR count). The first-order chi connectivity index (χ1) is 7.11. The Morgan fingerprint density at radius 1 is 1.33 bits per heavy atom. The molecule has 0 aliphatic heterocycles. The van der Waals surface area contributed by atoms with Crippen LogP contribution >= 0.6 is 0 Å². The third kappa shape index (κ3) is 1.43. The number of hydrogen-bond acceptors (Lipinski definition) is 3. The number of tetrazole rings is 1. The van der Waals surface area contributed by atoms with Crippen molar-refractivity contribution in [2.45, 2.75) is 6.92 Å². The van der Waals surface area contributed by atoms with Gasteiger partial charge in [-0.1, -0.05) is 6.07 Å². The highest BCUT2D eigenvalue weighted by Gasteiger charge is 2.10. The summed E-state index contributed by atoms with van der Waals surface area (Å²) in [6.45, 7) is 1.59. The summed E-state index contributed by atoms with van der Waals surface area (Å²) < 4.78 is 15.4. The zero-order chi connectivity index (χ0) is 11.0. The van der Waals surface area contributed by atoms with E-state index in [1.54, 1.807) is 13.0 Å². The van der Waals surface area contributed by atoms with Crippen LogP contribution in [0.5, 0.6) is 0 Å². The van der Waals surface area contributed by atoms with Crippen LogP contribution in [0.1, 0.15) is 5.56 Å². The molecule has 0 radical (unpaired) electrons. The van der Waals surface area contributed by atoms with E-state index >= 15 is 0 Å². The molecule has 15 heavy (non-hydrogen) atoms. The lowest BCUT2D eigenvalue weighted by atomic mass is 10.2. The number of aryl methyl sites for hydroxylation is 1. The maximum Gasteiger partial charge on any atom is 0.368 e. The van der Waals surface area contributed by atoms with Crippen LogP contribution in [-0.4, -0.2) is 19.8 Å². The number of halogens is 1. The second kappa shape index (κ2) is 3.30. The molecule has 0 spiro atoms. The lowest BCUT2D eigenvalue weighted by Gasteiger charge is -2.03. The van der Waals surface area contributed by atoms with Gasteiger partial charge in [0.25, 0.3) is 0 Å². The number of rotatable bonds is 1. The van der Waals surface area contributed by atoms with Gasteiger partial charge in [-0.25, -0.2) is 9.18 Å². The van der Waals surface area contributed by atoms with Crippen LogP contribution in [-0.2, 0) is 7.05 Å². The molecule has 0 amide bonds. The van der Waals surface area contributed by atoms with Crippen molar-refractivity contribution in [3.8, 4) is 5.69 Å². The van der Waals surface area contributed by atoms with Gasteiger partial charge in [0.2, 0.25) is 0 Å². The lowest BCUT2D eigenvalue weighted by molar-refractivity contribution is 0.614. The van der Waals surface area contributed by atoms with Crippen LogP contribution < -0.4 is 5.69 Å². The van der Waals surface area contributed by atoms with Crippen molar-refractivity contribution in [3.63, 3.8) is 0 Å². The molecular weight excluding hydrogens is 199 g/mol. The summed E-state index contributed by atoms with van der Waals surface area (Å²) in [5.74, 6) is -0.370. The molecule has 0 unspecified atom stereocenters. The van der Waals surface area contributed by atoms with Crippen LogP contribution in [0.25, 0.3) is 5.69 Å². The molecule has 78 valence electrons. The zero-order valence-electron chi connectivity index (χ0n) is 8.31. The Hall–Kier alpha value is -1.98. The van der Waals surface area contributed by atoms with Crippen molar-refractivity contribution in [2.24, 2.45) is 7.05 Å². The van der Waals surface area contributed by atoms with E-state index in [1.807, 2.05) is 0 Å². The average molecular weight is 208 g/mol. The Bertz CT molecular complexity index is 557. The third-order valence-corrected chi connectivity index (χ3v) is 2.19. The predicted octanol–water partition coefficient (Wildman–Crippen LogP) is 0.414. The molecule has 0 bridgehead atoms. The molecule has 0 saturated heterocycles. The predicted molar refractivity (Wildman–Crippen MR) is 51.3 cm³/mol. The van der Waals surface area contributed by atoms with E-state index in [2.05, 4.69) is 10.4 Å². The Morgan fingerprint density at radius 2 is 2.07 bits per heavy atom. The third-order valence-electron chi connectivity index (χ3n) is 2.19. The van der Waals surface area contributed by atoms with Crippen molar-refractivity contribution < 1.29 is 4.39 Å². The quantitative estimate of drug-likeness (QED) is 0.682. The van der Waals surface area contributed by atoms with Gasteiger partial charge in [-0.2, -0.15) is 9.36 Å². The van der Waals surface area contributed by atoms with Gasteiger partial charge in [-0.3, -0.25) is 0 Å². The zero-order valence-corrected chi connectivity index (χ0v) is 8.31. The molecular formula is C9H9FN4O. The second-order valence-corrected chi connectivity index (χ2v) is 3.18. The van der Waals surface area contributed by atoms with Gasteiger partial charge in [-0.05, 0) is 29.5 Å². The van der Waals surface area contributed by atoms with Gasteiger partial charge in [0.1, 0.15) is 5.82 Å². The molecule has 0 aliphatic carbocycles. The summed E-state index contributed by atoms with van der Waals surface area (Å²) in [4.78, 5) is 11.5. The molecule has 1 aromatic heterocycles. The topological polar surface area (TPSA) is 52.7 Å². The number of benzene rings is 1. The van der Waals surface area contributed by atoms with E-state index < -0.39 is 5.69 Å². The van der Waals surface area contributed by atoms with E-state index in [9.17, 15) is 9.18 Å². The van der Waals surface area contributed by atoms with Crippen molar-refractivity contribution in [1.82, 2.24) is 19.8 Å². The lowest BCUT2D eigenvalue weighted by Crippen LogP contribution is -2.22. The molecule has 6 heteroatoms. The van der Waals surface area contributed by atoms with Crippen LogP contribution in [0.2, 0.25) is 0 Å². The molecule has 0 saturated carbocycles. The van der Waals surface area contributed by atoms with E-state index in [-0.39, 0.29) is 5.82 Å².